The second-order valence-electron chi connectivity index (χ2n) is 17.4. The van der Waals surface area contributed by atoms with E-state index >= 15 is 0 Å². The molecule has 0 bridgehead atoms. The van der Waals surface area contributed by atoms with Crippen LogP contribution in [0.15, 0.2) is 12.3 Å². The van der Waals surface area contributed by atoms with Gasteiger partial charge in [-0.25, -0.2) is 0 Å². The number of thiol groups is 1. The highest BCUT2D eigenvalue weighted by atomic mass is 32.1. The minimum absolute atomic E-state index is 0.0899. The second-order valence-corrected chi connectivity index (χ2v) is 17.7. The lowest BCUT2D eigenvalue weighted by atomic mass is 9.85. The van der Waals surface area contributed by atoms with Gasteiger partial charge in [-0.05, 0) is 59.4 Å². The monoisotopic (exact) mass is 1020 g/mol. The predicted octanol–water partition coefficient (Wildman–Crippen LogP) is 3.84. The van der Waals surface area contributed by atoms with E-state index in [0.29, 0.717) is 32.2 Å². The van der Waals surface area contributed by atoms with E-state index in [9.17, 15) is 38.7 Å². The van der Waals surface area contributed by atoms with Crippen molar-refractivity contribution < 1.29 is 67.8 Å². The maximum Gasteiger partial charge on any atom is 0.320 e. The van der Waals surface area contributed by atoms with E-state index in [2.05, 4.69) is 51.1 Å². The molecule has 2 radical (unpaired) electrons. The van der Waals surface area contributed by atoms with Gasteiger partial charge in [0, 0.05) is 44.8 Å². The average molecular weight is 1020 g/mol. The van der Waals surface area contributed by atoms with E-state index < -0.39 is 29.6 Å². The molecule has 0 aromatic rings. The summed E-state index contributed by atoms with van der Waals surface area (Å²) in [7, 11) is 6.68. The van der Waals surface area contributed by atoms with Crippen LogP contribution in [0.2, 0.25) is 0 Å². The first-order valence-corrected chi connectivity index (χ1v) is 25.7. The Morgan fingerprint density at radius 1 is 0.543 bits per heavy atom. The van der Waals surface area contributed by atoms with Gasteiger partial charge < -0.3 is 65.6 Å². The van der Waals surface area contributed by atoms with Gasteiger partial charge in [-0.1, -0.05) is 83.6 Å². The topological polar surface area (TPSA) is 289 Å². The summed E-state index contributed by atoms with van der Waals surface area (Å²) < 4.78 is 21.4. The Bertz CT molecular complexity index is 1430. The molecule has 9 N–H and O–H groups in total. The molecule has 2 atom stereocenters. The smallest absolute Gasteiger partial charge is 0.320 e. The number of carbonyl (C=O) groups is 7. The van der Waals surface area contributed by atoms with Crippen molar-refractivity contribution >= 4 is 61.7 Å². The molecule has 0 aliphatic carbocycles. The Labute approximate surface area is 424 Å². The minimum atomic E-state index is -0.925. The Balaban J connectivity index is 0. The maximum atomic E-state index is 12.4. The van der Waals surface area contributed by atoms with Crippen molar-refractivity contribution in [3.8, 4) is 0 Å². The Morgan fingerprint density at radius 2 is 0.986 bits per heavy atom. The van der Waals surface area contributed by atoms with E-state index in [1.807, 2.05) is 0 Å². The lowest BCUT2D eigenvalue weighted by molar-refractivity contribution is -0.140. The maximum absolute atomic E-state index is 12.4. The van der Waals surface area contributed by atoms with Crippen molar-refractivity contribution in [3.63, 3.8) is 0 Å². The number of aliphatic hydroxyl groups is 1. The van der Waals surface area contributed by atoms with Crippen LogP contribution < -0.4 is 31.9 Å². The number of nitrogens with one attached hydrogen (secondary N) is 6. The molecule has 0 aromatic heterocycles. The molecular formula is C48H89BN6O14S. The number of aliphatic hydroxyl groups excluding tert-OH is 1. The van der Waals surface area contributed by atoms with Gasteiger partial charge in [-0.3, -0.25) is 34.1 Å². The summed E-state index contributed by atoms with van der Waals surface area (Å²) in [5.41, 5.74) is -0.903. The van der Waals surface area contributed by atoms with Crippen LogP contribution in [0.25, 0.3) is 0 Å². The highest BCUT2D eigenvalue weighted by Gasteiger charge is 2.19. The minimum Gasteiger partial charge on any atom is -0.511 e. The van der Waals surface area contributed by atoms with Crippen molar-refractivity contribution in [2.45, 2.75) is 166 Å². The van der Waals surface area contributed by atoms with E-state index in [1.54, 1.807) is 20.9 Å². The number of amides is 4. The molecule has 22 heteroatoms. The molecule has 0 aliphatic heterocycles. The zero-order valence-electron chi connectivity index (χ0n) is 42.6. The molecular weight excluding hydrogens is 927 g/mol. The van der Waals surface area contributed by atoms with Crippen molar-refractivity contribution in [1.29, 1.82) is 0 Å². The first-order valence-electron chi connectivity index (χ1n) is 25.0. The Kier molecular flexibility index (Phi) is 46.4. The van der Waals surface area contributed by atoms with Crippen LogP contribution in [0.5, 0.6) is 0 Å². The number of rotatable bonds is 48. The molecule has 70 heavy (non-hydrogen) atoms. The molecule has 0 spiro atoms. The number of carbonyl (C=O) groups excluding carboxylic acids is 5. The summed E-state index contributed by atoms with van der Waals surface area (Å²) in [6.07, 6.45) is 18.1. The SMILES string of the molecule is C=C(O)C(CCC(=O)NCCOCCOCC(=O)NCCOCCOCC(=O)NCCCCC(NCS)C(=O)O)NC(=O)CCCCCCCCCCCCCCCCC(=O)O.[B]C(=O)C(C)(C)NC. The van der Waals surface area contributed by atoms with Gasteiger partial charge in [-0.15, -0.1) is 0 Å². The van der Waals surface area contributed by atoms with Crippen molar-refractivity contribution in [1.82, 2.24) is 31.9 Å². The fourth-order valence-corrected chi connectivity index (χ4v) is 6.50. The highest BCUT2D eigenvalue weighted by molar-refractivity contribution is 7.80. The van der Waals surface area contributed by atoms with E-state index in [0.717, 1.165) is 44.9 Å². The molecule has 0 saturated heterocycles. The van der Waals surface area contributed by atoms with Gasteiger partial charge in [0.15, 0.2) is 7.85 Å². The normalized spacial score (nSPS) is 11.9. The Hall–Kier alpha value is -3.80. The summed E-state index contributed by atoms with van der Waals surface area (Å²) in [6.45, 7) is 9.07. The average Bonchev–Trinajstić information content (AvgIpc) is 3.31. The summed E-state index contributed by atoms with van der Waals surface area (Å²) in [5, 5.41) is 44.1. The van der Waals surface area contributed by atoms with Crippen LogP contribution in [-0.2, 0) is 52.5 Å². The second kappa shape index (κ2) is 47.5. The fraction of sp³-hybridized carbons (Fsp3) is 0.812. The summed E-state index contributed by atoms with van der Waals surface area (Å²) in [5.74, 6) is -2.55. The number of ether oxygens (including phenoxy) is 4. The molecule has 0 heterocycles. The first-order chi connectivity index (χ1) is 33.5. The standard InChI is InChI=1S/C43H79N5O13S.C5H10BNO/c1-35(49)36(48-39(51)19-14-12-10-8-6-4-2-3-5-7-9-11-13-15-20-42(54)55)21-22-38(50)45-24-26-58-28-31-61-33-41(53)46-25-27-59-29-30-60-32-40(52)44-23-17-16-18-37(43(56)57)47-34-62;1-5(2,7-3)4(6)8/h36-37,47,49,62H,1-34H2,(H,44,52)(H,45,50)(H,46,53)(H,48,51)(H,54,55)(H,56,57);7H,1-3H3. The summed E-state index contributed by atoms with van der Waals surface area (Å²) in [4.78, 5) is 80.5. The molecule has 0 rings (SSSR count). The van der Waals surface area contributed by atoms with Crippen LogP contribution >= 0.6 is 12.6 Å². The van der Waals surface area contributed by atoms with Crippen molar-refractivity contribution in [3.05, 3.63) is 12.3 Å². The fourth-order valence-electron chi connectivity index (χ4n) is 6.28. The molecule has 0 fully saturated rings. The zero-order valence-corrected chi connectivity index (χ0v) is 43.4. The number of carboxylic acids is 2. The predicted molar refractivity (Wildman–Crippen MR) is 273 cm³/mol. The third-order valence-corrected chi connectivity index (χ3v) is 11.1. The largest absolute Gasteiger partial charge is 0.511 e. The lowest BCUT2D eigenvalue weighted by Crippen LogP contribution is -2.44. The summed E-state index contributed by atoms with van der Waals surface area (Å²) >= 11 is 3.98. The van der Waals surface area contributed by atoms with Gasteiger partial charge in [0.2, 0.25) is 23.6 Å². The molecule has 404 valence electrons. The Morgan fingerprint density at radius 3 is 1.40 bits per heavy atom. The number of hydrogen-bond donors (Lipinski definition) is 10. The van der Waals surface area contributed by atoms with Crippen LogP contribution in [0.4, 0.5) is 0 Å². The number of carboxylic acid groups (broad SMARTS) is 2. The molecule has 20 nitrogen and oxygen atoms in total. The van der Waals surface area contributed by atoms with Gasteiger partial charge in [-0.2, -0.15) is 12.6 Å². The van der Waals surface area contributed by atoms with E-state index in [1.165, 1.54) is 44.9 Å². The van der Waals surface area contributed by atoms with Crippen molar-refractivity contribution in [2.24, 2.45) is 0 Å². The first kappa shape index (κ1) is 68.3. The zero-order chi connectivity index (χ0) is 52.7. The quantitative estimate of drug-likeness (QED) is 0.0136. The third kappa shape index (κ3) is 46.6. The van der Waals surface area contributed by atoms with Crippen LogP contribution in [0.3, 0.4) is 0 Å². The van der Waals surface area contributed by atoms with E-state index in [4.69, 9.17) is 37.0 Å². The molecule has 0 aromatic carbocycles. The van der Waals surface area contributed by atoms with Crippen molar-refractivity contribution in [2.75, 3.05) is 85.4 Å². The van der Waals surface area contributed by atoms with Crippen LogP contribution in [0, 0.1) is 0 Å². The highest BCUT2D eigenvalue weighted by Crippen LogP contribution is 2.14. The molecule has 0 aliphatic rings. The summed E-state index contributed by atoms with van der Waals surface area (Å²) in [6, 6.07) is -1.35. The van der Waals surface area contributed by atoms with Gasteiger partial charge in [0.1, 0.15) is 25.0 Å². The number of likely N-dealkylation sites (N-methyl/N-ethyl adjacent to an activating group) is 1. The van der Waals surface area contributed by atoms with Crippen LogP contribution in [-0.4, -0.2) is 167 Å². The van der Waals surface area contributed by atoms with Gasteiger partial charge in [0.25, 0.3) is 0 Å². The number of hydrogen-bond acceptors (Lipinski definition) is 15. The molecule has 4 amide bonds. The van der Waals surface area contributed by atoms with E-state index in [-0.39, 0.29) is 126 Å². The molecule has 2 unspecified atom stereocenters. The number of unbranched alkanes of at least 4 members (excludes halogenated alkanes) is 14. The van der Waals surface area contributed by atoms with Gasteiger partial charge in [0.05, 0.1) is 56.9 Å². The third-order valence-electron chi connectivity index (χ3n) is 10.9. The van der Waals surface area contributed by atoms with Crippen LogP contribution in [0.1, 0.15) is 149 Å². The molecule has 0 saturated carbocycles. The van der Waals surface area contributed by atoms with Gasteiger partial charge >= 0.3 is 11.9 Å². The lowest BCUT2D eigenvalue weighted by Gasteiger charge is -2.19. The number of aliphatic carboxylic acids is 2.